The highest BCUT2D eigenvalue weighted by Gasteiger charge is 2.26. The van der Waals surface area contributed by atoms with Gasteiger partial charge in [-0.05, 0) is 54.3 Å². The van der Waals surface area contributed by atoms with Crippen LogP contribution in [0.5, 0.6) is 0 Å². The van der Waals surface area contributed by atoms with E-state index in [0.29, 0.717) is 37.6 Å². The molecule has 3 aromatic carbocycles. The minimum atomic E-state index is -3.56. The summed E-state index contributed by atoms with van der Waals surface area (Å²) in [5, 5.41) is 2.89. The van der Waals surface area contributed by atoms with E-state index in [-0.39, 0.29) is 10.8 Å². The predicted molar refractivity (Wildman–Crippen MR) is 124 cm³/mol. The fourth-order valence-electron chi connectivity index (χ4n) is 3.73. The number of morpholine rings is 1. The zero-order valence-corrected chi connectivity index (χ0v) is 18.6. The molecule has 1 aliphatic rings. The third-order valence-corrected chi connectivity index (χ3v) is 7.42. The van der Waals surface area contributed by atoms with Crippen LogP contribution in [0.4, 0.5) is 5.69 Å². The molecule has 7 heteroatoms. The summed E-state index contributed by atoms with van der Waals surface area (Å²) in [4.78, 5) is 13.1. The summed E-state index contributed by atoms with van der Waals surface area (Å²) in [7, 11) is -3.56. The summed E-state index contributed by atoms with van der Waals surface area (Å²) in [6, 6.07) is 24.0. The molecule has 0 spiro atoms. The van der Waals surface area contributed by atoms with Gasteiger partial charge in [-0.15, -0.1) is 0 Å². The van der Waals surface area contributed by atoms with Crippen LogP contribution >= 0.6 is 0 Å². The van der Waals surface area contributed by atoms with Gasteiger partial charge in [0.2, 0.25) is 10.0 Å². The van der Waals surface area contributed by atoms with Crippen LogP contribution in [0.15, 0.2) is 83.8 Å². The quantitative estimate of drug-likeness (QED) is 0.595. The number of hydrogen-bond acceptors (Lipinski definition) is 4. The molecule has 0 saturated carbocycles. The molecule has 166 valence electrons. The number of aryl methyl sites for hydroxylation is 2. The SMILES string of the molecule is O=C(Nc1ccc(S(=O)(=O)N2CCOCC2)cc1)c1ccccc1CCc1ccccc1. The highest BCUT2D eigenvalue weighted by Crippen LogP contribution is 2.21. The van der Waals surface area contributed by atoms with E-state index in [4.69, 9.17) is 4.74 Å². The normalized spacial score (nSPS) is 14.8. The smallest absolute Gasteiger partial charge is 0.255 e. The van der Waals surface area contributed by atoms with Gasteiger partial charge in [-0.25, -0.2) is 8.42 Å². The van der Waals surface area contributed by atoms with Crippen molar-refractivity contribution < 1.29 is 17.9 Å². The number of nitrogens with one attached hydrogen (secondary N) is 1. The van der Waals surface area contributed by atoms with Gasteiger partial charge in [0, 0.05) is 24.3 Å². The standard InChI is InChI=1S/C25H26N2O4S/c28-25(24-9-5-4-8-21(24)11-10-20-6-2-1-3-7-20)26-22-12-14-23(15-13-22)32(29,30)27-16-18-31-19-17-27/h1-9,12-15H,10-11,16-19H2,(H,26,28). The van der Waals surface area contributed by atoms with E-state index < -0.39 is 10.0 Å². The lowest BCUT2D eigenvalue weighted by Gasteiger charge is -2.26. The molecule has 0 aliphatic carbocycles. The van der Waals surface area contributed by atoms with Crippen molar-refractivity contribution in [1.82, 2.24) is 4.31 Å². The second-order valence-electron chi connectivity index (χ2n) is 7.64. The molecule has 4 rings (SSSR count). The van der Waals surface area contributed by atoms with Crippen molar-refractivity contribution in [3.8, 4) is 0 Å². The highest BCUT2D eigenvalue weighted by molar-refractivity contribution is 7.89. The fraction of sp³-hybridized carbons (Fsp3) is 0.240. The van der Waals surface area contributed by atoms with Crippen LogP contribution in [0.2, 0.25) is 0 Å². The first-order valence-electron chi connectivity index (χ1n) is 10.7. The van der Waals surface area contributed by atoms with Crippen molar-refractivity contribution in [2.45, 2.75) is 17.7 Å². The number of hydrogen-bond donors (Lipinski definition) is 1. The minimum Gasteiger partial charge on any atom is -0.379 e. The molecule has 1 saturated heterocycles. The Balaban J connectivity index is 1.44. The number of benzene rings is 3. The number of nitrogens with zero attached hydrogens (tertiary/aromatic N) is 1. The maximum atomic E-state index is 12.9. The molecule has 1 fully saturated rings. The van der Waals surface area contributed by atoms with E-state index >= 15 is 0 Å². The Morgan fingerprint density at radius 1 is 0.844 bits per heavy atom. The molecule has 0 unspecified atom stereocenters. The monoisotopic (exact) mass is 450 g/mol. The van der Waals surface area contributed by atoms with Gasteiger partial charge < -0.3 is 10.1 Å². The van der Waals surface area contributed by atoms with E-state index in [1.165, 1.54) is 22.0 Å². The molecule has 3 aromatic rings. The van der Waals surface area contributed by atoms with E-state index in [1.807, 2.05) is 42.5 Å². The zero-order valence-electron chi connectivity index (χ0n) is 17.7. The molecule has 32 heavy (non-hydrogen) atoms. The third kappa shape index (κ3) is 5.24. The van der Waals surface area contributed by atoms with Gasteiger partial charge in [0.1, 0.15) is 0 Å². The first-order valence-corrected chi connectivity index (χ1v) is 12.1. The Kier molecular flexibility index (Phi) is 6.99. The van der Waals surface area contributed by atoms with Crippen LogP contribution in [0, 0.1) is 0 Å². The number of rotatable bonds is 7. The lowest BCUT2D eigenvalue weighted by Crippen LogP contribution is -2.40. The van der Waals surface area contributed by atoms with Gasteiger partial charge in [0.15, 0.2) is 0 Å². The number of sulfonamides is 1. The average Bonchev–Trinajstić information content (AvgIpc) is 2.84. The number of carbonyl (C=O) groups is 1. The summed E-state index contributed by atoms with van der Waals surface area (Å²) < 4.78 is 32.2. The highest BCUT2D eigenvalue weighted by atomic mass is 32.2. The molecule has 1 N–H and O–H groups in total. The minimum absolute atomic E-state index is 0.209. The molecular formula is C25H26N2O4S. The molecule has 1 amide bonds. The van der Waals surface area contributed by atoms with Gasteiger partial charge in [-0.3, -0.25) is 4.79 Å². The summed E-state index contributed by atoms with van der Waals surface area (Å²) >= 11 is 0. The van der Waals surface area contributed by atoms with Gasteiger partial charge in [-0.1, -0.05) is 48.5 Å². The first-order chi connectivity index (χ1) is 15.5. The van der Waals surface area contributed by atoms with Crippen LogP contribution in [0.3, 0.4) is 0 Å². The van der Waals surface area contributed by atoms with Gasteiger partial charge >= 0.3 is 0 Å². The van der Waals surface area contributed by atoms with Crippen molar-refractivity contribution in [1.29, 1.82) is 0 Å². The third-order valence-electron chi connectivity index (χ3n) is 5.51. The maximum Gasteiger partial charge on any atom is 0.255 e. The van der Waals surface area contributed by atoms with Crippen LogP contribution < -0.4 is 5.32 Å². The van der Waals surface area contributed by atoms with Crippen LogP contribution in [0.25, 0.3) is 0 Å². The number of amides is 1. The van der Waals surface area contributed by atoms with E-state index in [9.17, 15) is 13.2 Å². The van der Waals surface area contributed by atoms with Gasteiger partial charge in [0.05, 0.1) is 18.1 Å². The second kappa shape index (κ2) is 10.1. The molecule has 1 aliphatic heterocycles. The van der Waals surface area contributed by atoms with Crippen molar-refractivity contribution in [3.05, 3.63) is 95.6 Å². The molecule has 0 radical (unpaired) electrons. The zero-order chi connectivity index (χ0) is 22.4. The molecule has 1 heterocycles. The Hall–Kier alpha value is -3.00. The Bertz CT molecular complexity index is 1160. The Morgan fingerprint density at radius 3 is 2.22 bits per heavy atom. The number of ether oxygens (including phenoxy) is 1. The lowest BCUT2D eigenvalue weighted by molar-refractivity contribution is 0.0730. The molecule has 6 nitrogen and oxygen atoms in total. The largest absolute Gasteiger partial charge is 0.379 e. The van der Waals surface area contributed by atoms with E-state index in [1.54, 1.807) is 12.1 Å². The van der Waals surface area contributed by atoms with Gasteiger partial charge in [-0.2, -0.15) is 4.31 Å². The topological polar surface area (TPSA) is 75.7 Å². The summed E-state index contributed by atoms with van der Waals surface area (Å²) in [6.07, 6.45) is 1.60. The lowest BCUT2D eigenvalue weighted by atomic mass is 9.99. The molecule has 0 aromatic heterocycles. The van der Waals surface area contributed by atoms with Crippen molar-refractivity contribution >= 4 is 21.6 Å². The fourth-order valence-corrected chi connectivity index (χ4v) is 5.14. The van der Waals surface area contributed by atoms with Crippen LogP contribution in [-0.4, -0.2) is 44.9 Å². The predicted octanol–water partition coefficient (Wildman–Crippen LogP) is 3.75. The Labute approximate surface area is 188 Å². The van der Waals surface area contributed by atoms with E-state index in [2.05, 4.69) is 17.4 Å². The first kappa shape index (κ1) is 22.2. The summed E-state index contributed by atoms with van der Waals surface area (Å²) in [5.41, 5.74) is 3.36. The van der Waals surface area contributed by atoms with Crippen molar-refractivity contribution in [3.63, 3.8) is 0 Å². The molecule has 0 bridgehead atoms. The number of carbonyl (C=O) groups excluding carboxylic acids is 1. The van der Waals surface area contributed by atoms with Crippen molar-refractivity contribution in [2.75, 3.05) is 31.6 Å². The molecular weight excluding hydrogens is 424 g/mol. The summed E-state index contributed by atoms with van der Waals surface area (Å²) in [6.45, 7) is 1.50. The van der Waals surface area contributed by atoms with Crippen LogP contribution in [-0.2, 0) is 27.6 Å². The van der Waals surface area contributed by atoms with Gasteiger partial charge in [0.25, 0.3) is 5.91 Å². The van der Waals surface area contributed by atoms with E-state index in [0.717, 1.165) is 18.4 Å². The summed E-state index contributed by atoms with van der Waals surface area (Å²) in [5.74, 6) is -0.211. The van der Waals surface area contributed by atoms with Crippen LogP contribution in [0.1, 0.15) is 21.5 Å². The maximum absolute atomic E-state index is 12.9. The average molecular weight is 451 g/mol. The molecule has 0 atom stereocenters. The van der Waals surface area contributed by atoms with Crippen molar-refractivity contribution in [2.24, 2.45) is 0 Å². The second-order valence-corrected chi connectivity index (χ2v) is 9.58. The Morgan fingerprint density at radius 2 is 1.50 bits per heavy atom. The number of anilines is 1.